The molecule has 4 aliphatic carbocycles. The molecule has 31 atom stereocenters. The summed E-state index contributed by atoms with van der Waals surface area (Å²) in [6.45, 7) is 25.9. The molecule has 0 radical (unpaired) electrons. The number of nitrogens with one attached hydrogen (secondary N) is 15. The molecular weight excluding hydrogens is 1280 g/mol. The number of alkyl halides is 8. The fourth-order valence-corrected chi connectivity index (χ4v) is 21.3. The van der Waals surface area contributed by atoms with Crippen LogP contribution in [0.3, 0.4) is 0 Å². The van der Waals surface area contributed by atoms with Gasteiger partial charge < -0.3 is 37.2 Å². The van der Waals surface area contributed by atoms with Crippen LogP contribution in [0.1, 0.15) is 165 Å². The van der Waals surface area contributed by atoms with Crippen LogP contribution in [0.5, 0.6) is 0 Å². The summed E-state index contributed by atoms with van der Waals surface area (Å²) in [5.41, 5.74) is 4.27. The van der Waals surface area contributed by atoms with Gasteiger partial charge in [-0.25, -0.2) is 5.01 Å². The van der Waals surface area contributed by atoms with Gasteiger partial charge >= 0.3 is 0 Å². The Morgan fingerprint density at radius 1 is 0.284 bits per heavy atom. The van der Waals surface area contributed by atoms with Gasteiger partial charge in [0, 0.05) is 90.3 Å². The monoisotopic (exact) mass is 1390 g/mol. The highest BCUT2D eigenvalue weighted by atomic mass is 35.5. The van der Waals surface area contributed by atoms with Crippen LogP contribution in [0.15, 0.2) is 0 Å². The third-order valence-corrected chi connectivity index (χ3v) is 27.5. The van der Waals surface area contributed by atoms with Crippen molar-refractivity contribution in [3.05, 3.63) is 0 Å². The maximum atomic E-state index is 7.85. The summed E-state index contributed by atoms with van der Waals surface area (Å²) >= 11 is 60.5. The normalized spacial score (nSPS) is 45.8. The van der Waals surface area contributed by atoms with Crippen molar-refractivity contribution in [1.82, 2.24) is 84.9 Å². The van der Waals surface area contributed by atoms with Gasteiger partial charge in [-0.3, -0.25) is 42.6 Å². The molecule has 31 unspecified atom stereocenters. The van der Waals surface area contributed by atoms with E-state index < -0.39 is 43.0 Å². The first kappa shape index (κ1) is 73.9. The van der Waals surface area contributed by atoms with E-state index in [4.69, 9.17) is 98.1 Å². The van der Waals surface area contributed by atoms with Gasteiger partial charge in [-0.2, -0.15) is 0 Å². The van der Waals surface area contributed by atoms with E-state index in [2.05, 4.69) is 135 Å². The maximum Gasteiger partial charge on any atom is 0.0811 e. The summed E-state index contributed by atoms with van der Waals surface area (Å²) < 4.78 is 0. The third kappa shape index (κ3) is 16.2. The highest BCUT2D eigenvalue weighted by molar-refractivity contribution is 6.39. The molecule has 0 aromatic rings. The van der Waals surface area contributed by atoms with E-state index >= 15 is 0 Å². The highest BCUT2D eigenvalue weighted by Gasteiger charge is 2.67. The first-order valence-electron chi connectivity index (χ1n) is 35.8. The van der Waals surface area contributed by atoms with Crippen LogP contribution in [0.25, 0.3) is 0 Å². The Morgan fingerprint density at radius 2 is 0.557 bits per heavy atom. The lowest BCUT2D eigenvalue weighted by molar-refractivity contribution is 0.0304. The van der Waals surface area contributed by atoms with Crippen molar-refractivity contribution in [2.45, 2.75) is 299 Å². The van der Waals surface area contributed by atoms with Crippen LogP contribution in [0.2, 0.25) is 0 Å². The fraction of sp³-hybridized carbons (Fsp3) is 1.00. The third-order valence-electron chi connectivity index (χ3n) is 22.3. The molecular formula is C64H120Cl8N16. The number of unbranched alkanes of at least 4 members (excludes halogenated alkanes) is 8. The molecule has 0 aromatic carbocycles. The molecule has 8 bridgehead atoms. The molecule has 9 aliphatic rings. The van der Waals surface area contributed by atoms with E-state index in [1.807, 2.05) is 0 Å². The van der Waals surface area contributed by atoms with E-state index in [1.54, 1.807) is 0 Å². The minimum Gasteiger partial charge on any atom is -0.312 e. The zero-order chi connectivity index (χ0) is 62.8. The van der Waals surface area contributed by atoms with E-state index in [0.29, 0.717) is 0 Å². The van der Waals surface area contributed by atoms with Gasteiger partial charge in [0.05, 0.1) is 92.3 Å². The molecule has 4 saturated carbocycles. The van der Waals surface area contributed by atoms with Crippen LogP contribution >= 0.6 is 92.8 Å². The van der Waals surface area contributed by atoms with Crippen LogP contribution in [-0.4, -0.2) is 192 Å². The molecule has 16 nitrogen and oxygen atoms in total. The number of nitrogens with zero attached hydrogens (tertiary/aromatic N) is 1. The number of hydrogen-bond acceptors (Lipinski definition) is 16. The number of hydrogen-bond donors (Lipinski definition) is 15. The van der Waals surface area contributed by atoms with E-state index in [-0.39, 0.29) is 139 Å². The zero-order valence-corrected chi connectivity index (χ0v) is 60.6. The molecule has 5 aliphatic heterocycles. The van der Waals surface area contributed by atoms with E-state index in [1.165, 1.54) is 0 Å². The van der Waals surface area contributed by atoms with Crippen molar-refractivity contribution in [3.63, 3.8) is 0 Å². The smallest absolute Gasteiger partial charge is 0.0811 e. The predicted molar refractivity (Wildman–Crippen MR) is 374 cm³/mol. The van der Waals surface area contributed by atoms with Crippen LogP contribution in [0, 0.1) is 47.3 Å². The van der Waals surface area contributed by atoms with Crippen LogP contribution < -0.4 is 79.9 Å². The molecule has 9 fully saturated rings. The summed E-state index contributed by atoms with van der Waals surface area (Å²) in [4.78, 5) is 0. The minimum absolute atomic E-state index is 0.0668. The SMILES string of the molecule is CCCCNC1CC2C3NC(NC4C5C(NCCCC)C(NCCCC)C(NCCCC)C(NCCCC)C5C(NC5NC(NC6NC(N3)C3C(Cl)C(Cl)C(Cl)C(Cl)C63)C3C(Cl)C(Cl)C(Cl)C(Cl)C53)N4NCCCC)C2C(NCCCC)C1NCCCC. The molecule has 15 N–H and O–H groups in total. The van der Waals surface area contributed by atoms with Gasteiger partial charge in [0.1, 0.15) is 0 Å². The predicted octanol–water partition coefficient (Wildman–Crippen LogP) is 7.94. The Bertz CT molecular complexity index is 2020. The topological polar surface area (TPSA) is 184 Å². The van der Waals surface area contributed by atoms with Crippen molar-refractivity contribution in [3.8, 4) is 0 Å². The molecule has 0 aromatic heterocycles. The number of fused-ring (bicyclic) bond motifs is 20. The second kappa shape index (κ2) is 36.0. The van der Waals surface area contributed by atoms with Gasteiger partial charge in [0.25, 0.3) is 0 Å². The number of rotatable bonds is 32. The van der Waals surface area contributed by atoms with Gasteiger partial charge in [-0.1, -0.05) is 107 Å². The maximum absolute atomic E-state index is 7.85. The van der Waals surface area contributed by atoms with E-state index in [0.717, 1.165) is 162 Å². The van der Waals surface area contributed by atoms with Crippen molar-refractivity contribution < 1.29 is 0 Å². The largest absolute Gasteiger partial charge is 0.312 e. The summed E-state index contributed by atoms with van der Waals surface area (Å²) in [6.07, 6.45) is 16.7. The summed E-state index contributed by atoms with van der Waals surface area (Å²) in [6, 6.07) is 0.930. The first-order valence-corrected chi connectivity index (χ1v) is 39.3. The summed E-state index contributed by atoms with van der Waals surface area (Å²) in [5, 5.41) is 59.3. The van der Waals surface area contributed by atoms with Gasteiger partial charge in [0.2, 0.25) is 0 Å². The van der Waals surface area contributed by atoms with Crippen molar-refractivity contribution in [2.24, 2.45) is 47.3 Å². The van der Waals surface area contributed by atoms with Crippen LogP contribution in [-0.2, 0) is 0 Å². The molecule has 9 rings (SSSR count). The van der Waals surface area contributed by atoms with Gasteiger partial charge in [0.15, 0.2) is 0 Å². The first-order chi connectivity index (χ1) is 42.7. The second-order valence-electron chi connectivity index (χ2n) is 28.0. The molecule has 24 heteroatoms. The molecule has 0 spiro atoms. The molecule has 0 amide bonds. The van der Waals surface area contributed by atoms with Crippen molar-refractivity contribution in [1.29, 1.82) is 0 Å². The number of halogens is 8. The van der Waals surface area contributed by atoms with Gasteiger partial charge in [-0.15, -0.1) is 92.8 Å². The Kier molecular flexibility index (Phi) is 30.2. The standard InChI is InChI=1S/C64H120Cl8N16/c1-9-17-25-73-35-33-34-36(52(75-27-19-11-3)51(35)74-26-18-10-2)58-81-57(34)82-59-37-38(44(66)48(70)47(69)43(37)65)60(83-59)84-61-39-40(46(68)50(72)49(71)45(39)67)62(85-61)87-64-42-41(63(86-58)88(64)80-32-24-16-8)53(76-28-20-12-4)55(78-30-22-14-6)56(79-31-23-15-7)54(42)77-29-21-13-5/h34-64,73-87H,9-33H2,1-8H3. The Morgan fingerprint density at radius 3 is 0.909 bits per heavy atom. The Balaban J connectivity index is 1.27. The molecule has 5 heterocycles. The summed E-state index contributed by atoms with van der Waals surface area (Å²) in [5.74, 6) is -0.347. The van der Waals surface area contributed by atoms with Gasteiger partial charge in [-0.05, 0) is 110 Å². The Hall–Kier alpha value is 1.68. The average molecular weight is 1400 g/mol. The van der Waals surface area contributed by atoms with Crippen LogP contribution in [0.4, 0.5) is 0 Å². The minimum atomic E-state index is -0.576. The highest BCUT2D eigenvalue weighted by Crippen LogP contribution is 2.53. The quantitative estimate of drug-likeness (QED) is 0.0230. The average Bonchev–Trinajstić information content (AvgIpc) is 2.03. The van der Waals surface area contributed by atoms with Crippen molar-refractivity contribution in [2.75, 3.05) is 52.4 Å². The lowest BCUT2D eigenvalue weighted by atomic mass is 9.66. The fourth-order valence-electron chi connectivity index (χ4n) is 17.8. The number of hydrazine groups is 1. The Labute approximate surface area is 572 Å². The lowest BCUT2D eigenvalue weighted by Crippen LogP contribution is -2.76. The summed E-state index contributed by atoms with van der Waals surface area (Å²) in [7, 11) is 0. The second-order valence-corrected chi connectivity index (χ2v) is 32.0. The molecule has 88 heavy (non-hydrogen) atoms. The van der Waals surface area contributed by atoms with E-state index in [9.17, 15) is 0 Å². The molecule has 512 valence electrons. The zero-order valence-electron chi connectivity index (χ0n) is 54.5. The lowest BCUT2D eigenvalue weighted by Gasteiger charge is -2.53. The van der Waals surface area contributed by atoms with Crippen molar-refractivity contribution >= 4 is 92.8 Å². The molecule has 5 saturated heterocycles.